The molecule has 21 heavy (non-hydrogen) atoms. The monoisotopic (exact) mass is 290 g/mol. The van der Waals surface area contributed by atoms with Crippen molar-refractivity contribution in [1.82, 2.24) is 10.6 Å². The third kappa shape index (κ3) is 3.72. The quantitative estimate of drug-likeness (QED) is 0.482. The highest BCUT2D eigenvalue weighted by molar-refractivity contribution is 5.97. The number of ether oxygens (including phenoxy) is 1. The zero-order valence-electron chi connectivity index (χ0n) is 12.5. The SMILES string of the molecule is CNc1ccc(CNC(=O)C2CCCN2)cc1C(=N)OC. The van der Waals surface area contributed by atoms with Gasteiger partial charge in [0, 0.05) is 19.3 Å². The highest BCUT2D eigenvalue weighted by Gasteiger charge is 2.21. The smallest absolute Gasteiger partial charge is 0.237 e. The van der Waals surface area contributed by atoms with Gasteiger partial charge < -0.3 is 20.7 Å². The fraction of sp³-hybridized carbons (Fsp3) is 0.467. The Balaban J connectivity index is 2.03. The van der Waals surface area contributed by atoms with Crippen LogP contribution in [-0.4, -0.2) is 38.5 Å². The van der Waals surface area contributed by atoms with Crippen LogP contribution in [0.2, 0.25) is 0 Å². The lowest BCUT2D eigenvalue weighted by atomic mass is 10.1. The average Bonchev–Trinajstić information content (AvgIpc) is 3.06. The van der Waals surface area contributed by atoms with Crippen molar-refractivity contribution in [2.24, 2.45) is 0 Å². The van der Waals surface area contributed by atoms with E-state index in [1.807, 2.05) is 18.2 Å². The van der Waals surface area contributed by atoms with E-state index in [1.165, 1.54) is 7.11 Å². The number of carbonyl (C=O) groups excluding carboxylic acids is 1. The summed E-state index contributed by atoms with van der Waals surface area (Å²) in [6.45, 7) is 1.36. The van der Waals surface area contributed by atoms with Crippen molar-refractivity contribution in [1.29, 1.82) is 5.41 Å². The van der Waals surface area contributed by atoms with Crippen molar-refractivity contribution in [3.63, 3.8) is 0 Å². The number of carbonyl (C=O) groups is 1. The molecule has 0 radical (unpaired) electrons. The van der Waals surface area contributed by atoms with E-state index in [0.717, 1.165) is 30.6 Å². The Morgan fingerprint density at radius 2 is 2.33 bits per heavy atom. The molecule has 6 nitrogen and oxygen atoms in total. The highest BCUT2D eigenvalue weighted by Crippen LogP contribution is 2.18. The molecule has 1 aliphatic rings. The highest BCUT2D eigenvalue weighted by atomic mass is 16.5. The van der Waals surface area contributed by atoms with Crippen LogP contribution in [0.25, 0.3) is 0 Å². The zero-order chi connectivity index (χ0) is 15.2. The summed E-state index contributed by atoms with van der Waals surface area (Å²) in [5.74, 6) is 0.138. The van der Waals surface area contributed by atoms with Gasteiger partial charge in [0.25, 0.3) is 0 Å². The summed E-state index contributed by atoms with van der Waals surface area (Å²) in [6.07, 6.45) is 1.94. The molecule has 1 aromatic carbocycles. The van der Waals surface area contributed by atoms with Crippen LogP contribution in [0.5, 0.6) is 0 Å². The maximum atomic E-state index is 12.0. The van der Waals surface area contributed by atoms with E-state index in [0.29, 0.717) is 12.1 Å². The number of hydrogen-bond donors (Lipinski definition) is 4. The molecule has 0 aromatic heterocycles. The second-order valence-corrected chi connectivity index (χ2v) is 5.03. The van der Waals surface area contributed by atoms with Gasteiger partial charge >= 0.3 is 0 Å². The van der Waals surface area contributed by atoms with Crippen molar-refractivity contribution in [3.05, 3.63) is 29.3 Å². The van der Waals surface area contributed by atoms with Crippen molar-refractivity contribution < 1.29 is 9.53 Å². The number of nitrogens with one attached hydrogen (secondary N) is 4. The van der Waals surface area contributed by atoms with Gasteiger partial charge in [0.05, 0.1) is 18.7 Å². The van der Waals surface area contributed by atoms with Gasteiger partial charge in [-0.3, -0.25) is 10.2 Å². The molecule has 1 aliphatic heterocycles. The number of methoxy groups -OCH3 is 1. The number of benzene rings is 1. The topological polar surface area (TPSA) is 86.2 Å². The van der Waals surface area contributed by atoms with E-state index < -0.39 is 0 Å². The van der Waals surface area contributed by atoms with Gasteiger partial charge in [0.2, 0.25) is 11.8 Å². The largest absolute Gasteiger partial charge is 0.481 e. The Labute approximate surface area is 124 Å². The van der Waals surface area contributed by atoms with Gasteiger partial charge in [0.1, 0.15) is 0 Å². The van der Waals surface area contributed by atoms with Crippen LogP contribution >= 0.6 is 0 Å². The molecule has 1 atom stereocenters. The lowest BCUT2D eigenvalue weighted by Gasteiger charge is -2.14. The van der Waals surface area contributed by atoms with Gasteiger partial charge in [-0.1, -0.05) is 6.07 Å². The molecule has 6 heteroatoms. The normalized spacial score (nSPS) is 17.3. The van der Waals surface area contributed by atoms with Crippen LogP contribution in [0.3, 0.4) is 0 Å². The van der Waals surface area contributed by atoms with E-state index >= 15 is 0 Å². The van der Waals surface area contributed by atoms with Crippen LogP contribution in [0.1, 0.15) is 24.0 Å². The van der Waals surface area contributed by atoms with Crippen LogP contribution in [0, 0.1) is 5.41 Å². The standard InChI is InChI=1S/C15H22N4O2/c1-17-12-6-5-10(8-11(12)14(16)21-2)9-19-15(20)13-4-3-7-18-13/h5-6,8,13,16-18H,3-4,7,9H2,1-2H3,(H,19,20). The van der Waals surface area contributed by atoms with Crippen molar-refractivity contribution >= 4 is 17.5 Å². The molecule has 2 rings (SSSR count). The summed E-state index contributed by atoms with van der Waals surface area (Å²) in [5, 5.41) is 16.9. The van der Waals surface area contributed by atoms with Gasteiger partial charge in [-0.25, -0.2) is 0 Å². The van der Waals surface area contributed by atoms with E-state index in [4.69, 9.17) is 10.1 Å². The first-order valence-electron chi connectivity index (χ1n) is 7.10. The molecular weight excluding hydrogens is 268 g/mol. The maximum absolute atomic E-state index is 12.0. The second-order valence-electron chi connectivity index (χ2n) is 5.03. The van der Waals surface area contributed by atoms with Gasteiger partial charge in [-0.05, 0) is 37.1 Å². The number of anilines is 1. The Kier molecular flexibility index (Phi) is 5.16. The first-order valence-corrected chi connectivity index (χ1v) is 7.10. The molecule has 1 fully saturated rings. The summed E-state index contributed by atoms with van der Waals surface area (Å²) >= 11 is 0. The van der Waals surface area contributed by atoms with Crippen LogP contribution in [0.4, 0.5) is 5.69 Å². The van der Waals surface area contributed by atoms with E-state index in [-0.39, 0.29) is 17.8 Å². The van der Waals surface area contributed by atoms with E-state index in [9.17, 15) is 4.79 Å². The predicted molar refractivity (Wildman–Crippen MR) is 82.7 cm³/mol. The predicted octanol–water partition coefficient (Wildman–Crippen LogP) is 1.07. The molecule has 1 aromatic rings. The van der Waals surface area contributed by atoms with Crippen LogP contribution < -0.4 is 16.0 Å². The minimum atomic E-state index is -0.0710. The molecule has 1 heterocycles. The molecule has 1 saturated heterocycles. The summed E-state index contributed by atoms with van der Waals surface area (Å²) in [7, 11) is 3.27. The Hall–Kier alpha value is -2.08. The lowest BCUT2D eigenvalue weighted by Crippen LogP contribution is -2.40. The van der Waals surface area contributed by atoms with Gasteiger partial charge in [-0.2, -0.15) is 0 Å². The molecule has 4 N–H and O–H groups in total. The second kappa shape index (κ2) is 7.08. The summed E-state index contributed by atoms with van der Waals surface area (Å²) < 4.78 is 4.99. The van der Waals surface area contributed by atoms with Crippen LogP contribution in [-0.2, 0) is 16.1 Å². The van der Waals surface area contributed by atoms with Gasteiger partial charge in [-0.15, -0.1) is 0 Å². The van der Waals surface area contributed by atoms with E-state index in [1.54, 1.807) is 7.05 Å². The molecule has 0 saturated carbocycles. The first-order chi connectivity index (χ1) is 10.2. The summed E-state index contributed by atoms with van der Waals surface area (Å²) in [5.41, 5.74) is 2.46. The van der Waals surface area contributed by atoms with Crippen molar-refractivity contribution in [2.75, 3.05) is 26.0 Å². The fourth-order valence-electron chi connectivity index (χ4n) is 2.44. The van der Waals surface area contributed by atoms with E-state index in [2.05, 4.69) is 16.0 Å². The summed E-state index contributed by atoms with van der Waals surface area (Å²) in [6, 6.07) is 5.61. The first kappa shape index (κ1) is 15.3. The lowest BCUT2D eigenvalue weighted by molar-refractivity contribution is -0.122. The Bertz CT molecular complexity index is 524. The average molecular weight is 290 g/mol. The Morgan fingerprint density at radius 1 is 1.52 bits per heavy atom. The van der Waals surface area contributed by atoms with Crippen molar-refractivity contribution in [3.8, 4) is 0 Å². The minimum Gasteiger partial charge on any atom is -0.481 e. The third-order valence-electron chi connectivity index (χ3n) is 3.65. The molecule has 0 spiro atoms. The zero-order valence-corrected chi connectivity index (χ0v) is 12.5. The van der Waals surface area contributed by atoms with Crippen molar-refractivity contribution in [2.45, 2.75) is 25.4 Å². The number of rotatable bonds is 5. The molecule has 114 valence electrons. The van der Waals surface area contributed by atoms with Crippen LogP contribution in [0.15, 0.2) is 18.2 Å². The number of amides is 1. The molecule has 0 aliphatic carbocycles. The maximum Gasteiger partial charge on any atom is 0.237 e. The Morgan fingerprint density at radius 3 is 2.95 bits per heavy atom. The third-order valence-corrected chi connectivity index (χ3v) is 3.65. The molecule has 1 amide bonds. The molecule has 1 unspecified atom stereocenters. The van der Waals surface area contributed by atoms with Gasteiger partial charge in [0.15, 0.2) is 0 Å². The molecule has 0 bridgehead atoms. The number of hydrogen-bond acceptors (Lipinski definition) is 5. The minimum absolute atomic E-state index is 0.0357. The molecular formula is C15H22N4O2. The fourth-order valence-corrected chi connectivity index (χ4v) is 2.44. The summed E-state index contributed by atoms with van der Waals surface area (Å²) in [4.78, 5) is 12.0.